The average molecular weight is 380 g/mol. The molecule has 1 saturated heterocycles. The van der Waals surface area contributed by atoms with Gasteiger partial charge < -0.3 is 15.2 Å². The van der Waals surface area contributed by atoms with Crippen molar-refractivity contribution in [2.75, 3.05) is 4.90 Å². The Balaban J connectivity index is 1.80. The minimum atomic E-state index is -0.981. The van der Waals surface area contributed by atoms with Crippen molar-refractivity contribution in [2.45, 2.75) is 51.8 Å². The number of aliphatic hydroxyl groups excluding tert-OH is 1. The first kappa shape index (κ1) is 19.6. The number of carbonyl (C=O) groups is 1. The second kappa shape index (κ2) is 7.49. The molecule has 1 aliphatic rings. The number of aromatic nitrogens is 1. The summed E-state index contributed by atoms with van der Waals surface area (Å²) in [6.07, 6.45) is 1.11. The fraction of sp³-hybridized carbons (Fsp3) is 0.381. The van der Waals surface area contributed by atoms with Gasteiger partial charge in [0.15, 0.2) is 6.23 Å². The van der Waals surface area contributed by atoms with E-state index in [1.165, 1.54) is 11.1 Å². The summed E-state index contributed by atoms with van der Waals surface area (Å²) < 4.78 is 5.80. The van der Waals surface area contributed by atoms with Crippen LogP contribution in [0.15, 0.2) is 36.5 Å². The van der Waals surface area contributed by atoms with E-state index < -0.39 is 11.8 Å². The smallest absolute Gasteiger partial charge is 0.324 e. The van der Waals surface area contributed by atoms with Crippen LogP contribution in [0.1, 0.15) is 51.2 Å². The molecule has 1 unspecified atom stereocenters. The summed E-state index contributed by atoms with van der Waals surface area (Å²) in [5, 5.41) is 22.6. The Morgan fingerprint density at radius 2 is 2.14 bits per heavy atom. The van der Waals surface area contributed by atoms with Crippen LogP contribution in [0.4, 0.5) is 10.5 Å². The maximum atomic E-state index is 12.3. The maximum Gasteiger partial charge on any atom is 0.324 e. The van der Waals surface area contributed by atoms with Crippen LogP contribution in [0, 0.1) is 11.3 Å². The van der Waals surface area contributed by atoms with Crippen molar-refractivity contribution in [3.05, 3.63) is 47.7 Å². The van der Waals surface area contributed by atoms with Gasteiger partial charge in [-0.2, -0.15) is 5.26 Å². The molecule has 2 heterocycles. The third-order valence-electron chi connectivity index (χ3n) is 5.15. The molecule has 0 aliphatic carbocycles. The zero-order valence-electron chi connectivity index (χ0n) is 16.4. The Labute approximate surface area is 164 Å². The molecule has 146 valence electrons. The lowest BCUT2D eigenvalue weighted by Crippen LogP contribution is -2.46. The van der Waals surface area contributed by atoms with Crippen molar-refractivity contribution in [1.82, 2.24) is 10.3 Å². The Morgan fingerprint density at radius 3 is 2.68 bits per heavy atom. The number of nitrogens with zero attached hydrogens (tertiary/aromatic N) is 3. The van der Waals surface area contributed by atoms with E-state index in [-0.39, 0.29) is 11.9 Å². The van der Waals surface area contributed by atoms with Gasteiger partial charge in [-0.15, -0.1) is 0 Å². The molecule has 2 atom stereocenters. The molecule has 1 aromatic heterocycles. The molecule has 0 radical (unpaired) electrons. The van der Waals surface area contributed by atoms with Crippen molar-refractivity contribution >= 4 is 11.7 Å². The molecule has 1 aliphatic heterocycles. The van der Waals surface area contributed by atoms with Crippen molar-refractivity contribution in [3.63, 3.8) is 0 Å². The highest BCUT2D eigenvalue weighted by atomic mass is 16.5. The van der Waals surface area contributed by atoms with Gasteiger partial charge in [0.05, 0.1) is 29.1 Å². The monoisotopic (exact) mass is 380 g/mol. The number of carbonyl (C=O) groups excluding carboxylic acids is 1. The molecule has 1 aromatic carbocycles. The first-order valence-corrected chi connectivity index (χ1v) is 9.26. The number of pyridine rings is 1. The first-order chi connectivity index (χ1) is 13.3. The average Bonchev–Trinajstić information content (AvgIpc) is 2.91. The van der Waals surface area contributed by atoms with Crippen molar-refractivity contribution in [3.8, 4) is 17.7 Å². The van der Waals surface area contributed by atoms with Crippen LogP contribution < -0.4 is 15.0 Å². The summed E-state index contributed by atoms with van der Waals surface area (Å²) in [4.78, 5) is 17.8. The summed E-state index contributed by atoms with van der Waals surface area (Å²) in [5.74, 6) is 1.13. The van der Waals surface area contributed by atoms with Crippen LogP contribution in [0.25, 0.3) is 0 Å². The maximum absolute atomic E-state index is 12.3. The van der Waals surface area contributed by atoms with E-state index in [1.807, 2.05) is 26.8 Å². The third kappa shape index (κ3) is 3.51. The number of nitriles is 1. The Bertz CT molecular complexity index is 920. The van der Waals surface area contributed by atoms with Crippen LogP contribution >= 0.6 is 0 Å². The lowest BCUT2D eigenvalue weighted by Gasteiger charge is -2.28. The Morgan fingerprint density at radius 1 is 1.39 bits per heavy atom. The Kier molecular flexibility index (Phi) is 5.25. The number of urea groups is 1. The summed E-state index contributed by atoms with van der Waals surface area (Å²) in [6, 6.07) is 10.4. The van der Waals surface area contributed by atoms with Gasteiger partial charge >= 0.3 is 6.03 Å². The topological polar surface area (TPSA) is 98.5 Å². The van der Waals surface area contributed by atoms with E-state index in [4.69, 9.17) is 4.74 Å². The second-order valence-electron chi connectivity index (χ2n) is 7.42. The molecular formula is C21H24N4O3. The largest absolute Gasteiger partial charge is 0.439 e. The molecule has 2 aromatic rings. The summed E-state index contributed by atoms with van der Waals surface area (Å²) in [6.45, 7) is 7.75. The minimum Gasteiger partial charge on any atom is -0.439 e. The second-order valence-corrected chi connectivity index (χ2v) is 7.42. The fourth-order valence-electron chi connectivity index (χ4n) is 3.17. The number of nitrogens with one attached hydrogen (secondary N) is 1. The van der Waals surface area contributed by atoms with Crippen LogP contribution in [0.2, 0.25) is 0 Å². The highest BCUT2D eigenvalue weighted by molar-refractivity contribution is 5.95. The number of aliphatic hydroxyl groups is 1. The predicted molar refractivity (Wildman–Crippen MR) is 105 cm³/mol. The fourth-order valence-corrected chi connectivity index (χ4v) is 3.17. The lowest BCUT2D eigenvalue weighted by molar-refractivity contribution is 0.107. The van der Waals surface area contributed by atoms with Crippen LogP contribution in [-0.2, 0) is 0 Å². The number of benzene rings is 1. The molecule has 28 heavy (non-hydrogen) atoms. The highest BCUT2D eigenvalue weighted by Gasteiger charge is 2.47. The van der Waals surface area contributed by atoms with Crippen molar-refractivity contribution in [2.24, 2.45) is 0 Å². The van der Waals surface area contributed by atoms with E-state index in [0.717, 1.165) is 5.56 Å². The quantitative estimate of drug-likeness (QED) is 0.820. The van der Waals surface area contributed by atoms with Gasteiger partial charge in [0.2, 0.25) is 5.88 Å². The summed E-state index contributed by atoms with van der Waals surface area (Å²) >= 11 is 0. The number of anilines is 1. The molecule has 2 N–H and O–H groups in total. The molecule has 1 fully saturated rings. The zero-order valence-corrected chi connectivity index (χ0v) is 16.4. The molecule has 2 amide bonds. The van der Waals surface area contributed by atoms with Gasteiger partial charge in [0, 0.05) is 6.07 Å². The normalized spacial score (nSPS) is 21.5. The van der Waals surface area contributed by atoms with E-state index in [1.54, 1.807) is 31.2 Å². The van der Waals surface area contributed by atoms with E-state index >= 15 is 0 Å². The van der Waals surface area contributed by atoms with Crippen LogP contribution in [0.3, 0.4) is 0 Å². The van der Waals surface area contributed by atoms with E-state index in [0.29, 0.717) is 29.3 Å². The number of amides is 2. The molecule has 7 heteroatoms. The highest BCUT2D eigenvalue weighted by Crippen LogP contribution is 2.31. The van der Waals surface area contributed by atoms with Gasteiger partial charge in [-0.25, -0.2) is 9.78 Å². The number of ether oxygens (including phenoxy) is 1. The summed E-state index contributed by atoms with van der Waals surface area (Å²) in [5.41, 5.74) is 1.31. The number of rotatable bonds is 5. The lowest BCUT2D eigenvalue weighted by atomic mass is 9.98. The molecule has 7 nitrogen and oxygen atoms in total. The Hall–Kier alpha value is -3.11. The van der Waals surface area contributed by atoms with Crippen LogP contribution in [0.5, 0.6) is 11.6 Å². The molecule has 0 saturated carbocycles. The minimum absolute atomic E-state index is 0.191. The molecule has 3 rings (SSSR count). The number of hydrogen-bond acceptors (Lipinski definition) is 5. The van der Waals surface area contributed by atoms with Crippen molar-refractivity contribution in [1.29, 1.82) is 5.26 Å². The molecule has 0 spiro atoms. The predicted octanol–water partition coefficient (Wildman–Crippen LogP) is 3.89. The van der Waals surface area contributed by atoms with Gasteiger partial charge in [0.1, 0.15) is 5.75 Å². The van der Waals surface area contributed by atoms with E-state index in [2.05, 4.69) is 16.4 Å². The molecular weight excluding hydrogens is 356 g/mol. The van der Waals surface area contributed by atoms with Crippen LogP contribution in [-0.4, -0.2) is 27.9 Å². The van der Waals surface area contributed by atoms with E-state index in [9.17, 15) is 15.2 Å². The first-order valence-electron chi connectivity index (χ1n) is 9.26. The SMILES string of the molecule is CC[C@@]1(C)NC(=O)N(c2ccc(Oc3ccc(C#N)c(C(C)C)c3)nc2)C1O. The van der Waals surface area contributed by atoms with Crippen molar-refractivity contribution < 1.29 is 14.6 Å². The van der Waals surface area contributed by atoms with Gasteiger partial charge in [-0.3, -0.25) is 4.90 Å². The standard InChI is InChI=1S/C21H24N4O3/c1-5-21(4)19(26)25(20(27)24-21)15-7-9-18(23-12-15)28-16-8-6-14(11-22)17(10-16)13(2)3/h6-10,12-13,19,26H,5H2,1-4H3,(H,24,27)/t19?,21-/m1/s1. The van der Waals surface area contributed by atoms with Gasteiger partial charge in [-0.05, 0) is 49.1 Å². The zero-order chi connectivity index (χ0) is 20.5. The third-order valence-corrected chi connectivity index (χ3v) is 5.15. The van der Waals surface area contributed by atoms with Gasteiger partial charge in [-0.1, -0.05) is 20.8 Å². The molecule has 0 bridgehead atoms. The number of hydrogen-bond donors (Lipinski definition) is 2. The van der Waals surface area contributed by atoms with Gasteiger partial charge in [0.25, 0.3) is 0 Å². The summed E-state index contributed by atoms with van der Waals surface area (Å²) in [7, 11) is 0.